The van der Waals surface area contributed by atoms with Gasteiger partial charge in [-0.25, -0.2) is 9.97 Å². The van der Waals surface area contributed by atoms with Crippen molar-refractivity contribution in [3.8, 4) is 0 Å². The van der Waals surface area contributed by atoms with E-state index in [4.69, 9.17) is 0 Å². The molecule has 1 heterocycles. The van der Waals surface area contributed by atoms with Gasteiger partial charge in [0.15, 0.2) is 12.1 Å². The number of anilines is 1. The number of hydrogen-bond acceptors (Lipinski definition) is 7. The lowest BCUT2D eigenvalue weighted by Crippen LogP contribution is -2.21. The molecule has 1 aromatic carbocycles. The van der Waals surface area contributed by atoms with Crippen LogP contribution in [0.25, 0.3) is 0 Å². The highest BCUT2D eigenvalue weighted by atomic mass is 16.6. The number of ketones is 1. The molecule has 8 nitrogen and oxygen atoms in total. The number of nitro groups is 1. The number of aromatic nitrogens is 2. The normalized spacial score (nSPS) is 10.4. The van der Waals surface area contributed by atoms with Gasteiger partial charge in [0.25, 0.3) is 0 Å². The molecule has 0 aliphatic carbocycles. The number of Topliss-reactive ketones (excluding diaryl/α,β-unsaturated/α-hetero) is 1. The molecule has 0 aliphatic rings. The second kappa shape index (κ2) is 8.80. The summed E-state index contributed by atoms with van der Waals surface area (Å²) >= 11 is 0. The van der Waals surface area contributed by atoms with Crippen molar-refractivity contribution in [3.05, 3.63) is 57.4 Å². The molecular weight excluding hydrogens is 336 g/mol. The van der Waals surface area contributed by atoms with E-state index in [1.165, 1.54) is 0 Å². The Morgan fingerprint density at radius 2 is 1.88 bits per heavy atom. The van der Waals surface area contributed by atoms with Gasteiger partial charge in [-0.2, -0.15) is 0 Å². The van der Waals surface area contributed by atoms with Crippen LogP contribution in [0.2, 0.25) is 0 Å². The van der Waals surface area contributed by atoms with E-state index in [1.54, 1.807) is 18.9 Å². The van der Waals surface area contributed by atoms with E-state index in [9.17, 15) is 19.7 Å². The van der Waals surface area contributed by atoms with Crippen LogP contribution in [0.15, 0.2) is 30.3 Å². The van der Waals surface area contributed by atoms with Crippen molar-refractivity contribution in [1.82, 2.24) is 9.97 Å². The monoisotopic (exact) mass is 356 g/mol. The molecule has 1 aromatic heterocycles. The minimum atomic E-state index is -0.616. The lowest BCUT2D eigenvalue weighted by Gasteiger charge is -2.19. The molecule has 8 heteroatoms. The van der Waals surface area contributed by atoms with Crippen molar-refractivity contribution in [3.63, 3.8) is 0 Å². The molecule has 0 radical (unpaired) electrons. The Kier molecular flexibility index (Phi) is 6.48. The molecule has 26 heavy (non-hydrogen) atoms. The Labute approximate surface area is 151 Å². The lowest BCUT2D eigenvalue weighted by molar-refractivity contribution is -0.386. The highest BCUT2D eigenvalue weighted by molar-refractivity contribution is 6.24. The fourth-order valence-electron chi connectivity index (χ4n) is 2.57. The molecule has 0 bridgehead atoms. The van der Waals surface area contributed by atoms with Gasteiger partial charge in [-0.05, 0) is 12.0 Å². The molecular formula is C18H20N4O4. The maximum atomic E-state index is 11.4. The van der Waals surface area contributed by atoms with E-state index >= 15 is 0 Å². The Morgan fingerprint density at radius 3 is 2.46 bits per heavy atom. The molecule has 0 fully saturated rings. The highest BCUT2D eigenvalue weighted by Crippen LogP contribution is 2.26. The van der Waals surface area contributed by atoms with Crippen molar-refractivity contribution < 1.29 is 14.5 Å². The molecule has 0 saturated heterocycles. The predicted molar refractivity (Wildman–Crippen MR) is 96.0 cm³/mol. The number of carbonyl (C=O) groups excluding carboxylic acids is 2. The van der Waals surface area contributed by atoms with Crippen LogP contribution in [-0.2, 0) is 29.0 Å². The summed E-state index contributed by atoms with van der Waals surface area (Å²) in [4.78, 5) is 43.2. The smallest absolute Gasteiger partial charge is 0.312 e. The van der Waals surface area contributed by atoms with Crippen molar-refractivity contribution in [2.75, 3.05) is 11.9 Å². The predicted octanol–water partition coefficient (Wildman–Crippen LogP) is 2.28. The van der Waals surface area contributed by atoms with Gasteiger partial charge in [0.05, 0.1) is 4.92 Å². The van der Waals surface area contributed by atoms with E-state index in [2.05, 4.69) is 9.97 Å². The van der Waals surface area contributed by atoms with E-state index in [1.807, 2.05) is 30.3 Å². The summed E-state index contributed by atoms with van der Waals surface area (Å²) in [5.41, 5.74) is 1.36. The van der Waals surface area contributed by atoms with Gasteiger partial charge in [0, 0.05) is 26.4 Å². The summed E-state index contributed by atoms with van der Waals surface area (Å²) < 4.78 is 0. The van der Waals surface area contributed by atoms with Crippen LogP contribution in [0, 0.1) is 10.1 Å². The lowest BCUT2D eigenvalue weighted by atomic mass is 10.1. The third-order valence-corrected chi connectivity index (χ3v) is 3.88. The van der Waals surface area contributed by atoms with Crippen LogP contribution in [0.4, 0.5) is 11.6 Å². The van der Waals surface area contributed by atoms with Gasteiger partial charge in [-0.3, -0.25) is 19.7 Å². The van der Waals surface area contributed by atoms with Crippen molar-refractivity contribution in [2.45, 2.75) is 32.7 Å². The van der Waals surface area contributed by atoms with Crippen LogP contribution < -0.4 is 4.90 Å². The van der Waals surface area contributed by atoms with Crippen LogP contribution in [0.5, 0.6) is 0 Å². The zero-order valence-corrected chi connectivity index (χ0v) is 14.7. The molecule has 0 spiro atoms. The van der Waals surface area contributed by atoms with Crippen LogP contribution in [-0.4, -0.2) is 34.0 Å². The maximum absolute atomic E-state index is 11.4. The summed E-state index contributed by atoms with van der Waals surface area (Å²) in [5.74, 6) is -0.264. The van der Waals surface area contributed by atoms with Gasteiger partial charge < -0.3 is 4.90 Å². The molecule has 136 valence electrons. The first-order valence-corrected chi connectivity index (χ1v) is 8.23. The van der Waals surface area contributed by atoms with Crippen molar-refractivity contribution in [1.29, 1.82) is 0 Å². The quantitative estimate of drug-likeness (QED) is 0.294. The summed E-state index contributed by atoms with van der Waals surface area (Å²) in [6.45, 7) is 2.31. The second-order valence-corrected chi connectivity index (χ2v) is 5.80. The number of hydrogen-bond donors (Lipinski definition) is 0. The van der Waals surface area contributed by atoms with E-state index in [-0.39, 0.29) is 30.5 Å². The largest absolute Gasteiger partial charge is 0.340 e. The fraction of sp³-hybridized carbons (Fsp3) is 0.333. The molecule has 2 aromatic rings. The molecule has 0 N–H and O–H groups in total. The Hall–Kier alpha value is -3.16. The first kappa shape index (κ1) is 19.2. The summed E-state index contributed by atoms with van der Waals surface area (Å²) in [6, 6.07) is 9.70. The Morgan fingerprint density at radius 1 is 1.23 bits per heavy atom. The minimum Gasteiger partial charge on any atom is -0.340 e. The third kappa shape index (κ3) is 4.69. The van der Waals surface area contributed by atoms with E-state index < -0.39 is 10.7 Å². The summed E-state index contributed by atoms with van der Waals surface area (Å²) in [5, 5.41) is 11.4. The molecule has 2 rings (SSSR count). The Bertz CT molecular complexity index is 808. The van der Waals surface area contributed by atoms with Gasteiger partial charge in [0.2, 0.25) is 5.95 Å². The third-order valence-electron chi connectivity index (χ3n) is 3.88. The highest BCUT2D eigenvalue weighted by Gasteiger charge is 2.24. The number of carbonyl (C=O) groups is 2. The number of nitrogens with zero attached hydrogens (tertiary/aromatic N) is 4. The van der Waals surface area contributed by atoms with Crippen LogP contribution in [0.3, 0.4) is 0 Å². The standard InChI is InChI=1S/C18H20N4O4/c1-3-15-17(22(25)26)16(10-9-14(24)12-23)20-18(19-15)21(2)11-13-7-5-4-6-8-13/h4-8,12H,3,9-11H2,1-2H3. The van der Waals surface area contributed by atoms with Gasteiger partial charge in [-0.1, -0.05) is 37.3 Å². The van der Waals surface area contributed by atoms with Crippen LogP contribution in [0.1, 0.15) is 30.3 Å². The van der Waals surface area contributed by atoms with Gasteiger partial charge in [0.1, 0.15) is 11.4 Å². The number of rotatable bonds is 9. The number of aldehydes is 1. The number of benzene rings is 1. The Balaban J connectivity index is 2.38. The van der Waals surface area contributed by atoms with E-state index in [0.717, 1.165) is 5.56 Å². The van der Waals surface area contributed by atoms with Crippen molar-refractivity contribution in [2.24, 2.45) is 0 Å². The van der Waals surface area contributed by atoms with Crippen molar-refractivity contribution >= 4 is 23.7 Å². The average molecular weight is 356 g/mol. The van der Waals surface area contributed by atoms with Gasteiger partial charge >= 0.3 is 5.69 Å². The zero-order valence-electron chi connectivity index (χ0n) is 14.7. The molecule has 0 aliphatic heterocycles. The first-order valence-electron chi connectivity index (χ1n) is 8.23. The zero-order chi connectivity index (χ0) is 19.1. The second-order valence-electron chi connectivity index (χ2n) is 5.80. The van der Waals surface area contributed by atoms with Crippen LogP contribution >= 0.6 is 0 Å². The molecule has 0 saturated carbocycles. The molecule has 0 atom stereocenters. The summed E-state index contributed by atoms with van der Waals surface area (Å²) in [6.07, 6.45) is 0.484. The molecule has 0 unspecified atom stereocenters. The SMILES string of the molecule is CCc1nc(N(C)Cc2ccccc2)nc(CCC(=O)C=O)c1[N+](=O)[O-]. The minimum absolute atomic E-state index is 0.0234. The average Bonchev–Trinajstić information content (AvgIpc) is 2.65. The molecule has 0 amide bonds. The van der Waals surface area contributed by atoms with Gasteiger partial charge in [-0.15, -0.1) is 0 Å². The maximum Gasteiger partial charge on any atom is 0.312 e. The van der Waals surface area contributed by atoms with E-state index in [0.29, 0.717) is 24.6 Å². The topological polar surface area (TPSA) is 106 Å². The number of aryl methyl sites for hydroxylation is 2. The summed E-state index contributed by atoms with van der Waals surface area (Å²) in [7, 11) is 1.80. The first-order chi connectivity index (χ1) is 12.5. The fourth-order valence-corrected chi connectivity index (χ4v) is 2.57.